The Morgan fingerprint density at radius 3 is 2.00 bits per heavy atom. The molecule has 1 aromatic carbocycles. The molecule has 0 aromatic heterocycles. The maximum atomic E-state index is 14.5. The Balaban J connectivity index is 1.59. The van der Waals surface area contributed by atoms with E-state index in [2.05, 4.69) is 6.92 Å². The van der Waals surface area contributed by atoms with E-state index < -0.39 is 34.7 Å². The summed E-state index contributed by atoms with van der Waals surface area (Å²) in [6, 6.07) is 2.20. The van der Waals surface area contributed by atoms with Crippen molar-refractivity contribution < 1.29 is 27.1 Å². The lowest BCUT2D eigenvalue weighted by atomic mass is 9.68. The molecule has 0 saturated heterocycles. The van der Waals surface area contributed by atoms with Gasteiger partial charge in [-0.3, -0.25) is 4.79 Å². The van der Waals surface area contributed by atoms with Crippen LogP contribution in [0.1, 0.15) is 100 Å². The monoisotopic (exact) mass is 456 g/mol. The summed E-state index contributed by atoms with van der Waals surface area (Å²) in [4.78, 5) is 12.8. The molecule has 0 spiro atoms. The first-order valence-corrected chi connectivity index (χ1v) is 12.3. The van der Waals surface area contributed by atoms with Crippen molar-refractivity contribution >= 4 is 5.78 Å². The minimum atomic E-state index is -4.95. The topological polar surface area (TPSA) is 26.3 Å². The molecular weight excluding hydrogens is 420 g/mol. The Labute approximate surface area is 189 Å². The number of hydrogen-bond donors (Lipinski definition) is 0. The molecule has 3 rings (SSSR count). The van der Waals surface area contributed by atoms with Gasteiger partial charge < -0.3 is 4.74 Å². The highest BCUT2D eigenvalue weighted by Gasteiger charge is 2.40. The summed E-state index contributed by atoms with van der Waals surface area (Å²) in [6.45, 7) is 3.86. The number of alkyl halides is 3. The van der Waals surface area contributed by atoms with Gasteiger partial charge in [0.25, 0.3) is 0 Å². The fraction of sp³-hybridized carbons (Fsp3) is 0.731. The normalized spacial score (nSPS) is 26.7. The number of hydrogen-bond acceptors (Lipinski definition) is 2. The minimum Gasteiger partial charge on any atom is -0.491 e. The summed E-state index contributed by atoms with van der Waals surface area (Å²) in [7, 11) is 0. The Morgan fingerprint density at radius 1 is 0.938 bits per heavy atom. The molecule has 1 aromatic rings. The summed E-state index contributed by atoms with van der Waals surface area (Å²) in [5.74, 6) is -0.191. The first-order chi connectivity index (χ1) is 15.2. The molecule has 0 atom stereocenters. The summed E-state index contributed by atoms with van der Waals surface area (Å²) < 4.78 is 60.1. The molecule has 2 saturated carbocycles. The third kappa shape index (κ3) is 6.05. The Kier molecular flexibility index (Phi) is 8.62. The van der Waals surface area contributed by atoms with Crippen molar-refractivity contribution in [1.29, 1.82) is 0 Å². The predicted octanol–water partition coefficient (Wildman–Crippen LogP) is 8.23. The predicted molar refractivity (Wildman–Crippen MR) is 117 cm³/mol. The van der Waals surface area contributed by atoms with Crippen molar-refractivity contribution in [3.05, 3.63) is 29.1 Å². The number of Topliss-reactive ketones (excluding diaryl/α,β-unsaturated/α-hetero) is 1. The second kappa shape index (κ2) is 11.0. The van der Waals surface area contributed by atoms with Crippen molar-refractivity contribution in [2.24, 2.45) is 23.7 Å². The van der Waals surface area contributed by atoms with Crippen LogP contribution in [0.2, 0.25) is 0 Å². The highest BCUT2D eigenvalue weighted by Crippen LogP contribution is 2.44. The number of ether oxygens (including phenoxy) is 1. The lowest BCUT2D eigenvalue weighted by molar-refractivity contribution is -0.140. The van der Waals surface area contributed by atoms with Crippen LogP contribution >= 0.6 is 0 Å². The van der Waals surface area contributed by atoms with E-state index >= 15 is 0 Å². The molecule has 2 aliphatic rings. The SMILES string of the molecule is CCCC1CCC(C2CCC(CC(=O)c3ccc(OCC)c(F)c3C(F)(F)F)CC2)CC1. The van der Waals surface area contributed by atoms with Crippen LogP contribution in [0.25, 0.3) is 0 Å². The molecule has 0 N–H and O–H groups in total. The summed E-state index contributed by atoms with van der Waals surface area (Å²) >= 11 is 0. The smallest absolute Gasteiger partial charge is 0.420 e. The molecule has 0 heterocycles. The molecule has 0 amide bonds. The summed E-state index contributed by atoms with van der Waals surface area (Å²) in [6.07, 6.45) is 6.73. The third-order valence-corrected chi connectivity index (χ3v) is 7.61. The molecule has 6 heteroatoms. The molecule has 2 fully saturated rings. The van der Waals surface area contributed by atoms with Gasteiger partial charge in [0.15, 0.2) is 17.3 Å². The lowest BCUT2D eigenvalue weighted by Crippen LogP contribution is -2.27. The standard InChI is InChI=1S/C26H36F4O2/c1-3-5-17-6-10-19(11-7-17)20-12-8-18(9-13-20)16-22(31)21-14-15-23(32-4-2)25(27)24(21)26(28,29)30/h14-15,17-20H,3-13,16H2,1-2H3. The van der Waals surface area contributed by atoms with Crippen molar-refractivity contribution in [2.45, 2.75) is 90.7 Å². The maximum absolute atomic E-state index is 14.5. The largest absolute Gasteiger partial charge is 0.491 e. The zero-order valence-corrected chi connectivity index (χ0v) is 19.3. The molecule has 0 radical (unpaired) electrons. The van der Waals surface area contributed by atoms with E-state index in [1.165, 1.54) is 38.5 Å². The van der Waals surface area contributed by atoms with Crippen LogP contribution in [0.15, 0.2) is 12.1 Å². The summed E-state index contributed by atoms with van der Waals surface area (Å²) in [5, 5.41) is 0. The zero-order chi connectivity index (χ0) is 23.3. The fourth-order valence-corrected chi connectivity index (χ4v) is 5.93. The van der Waals surface area contributed by atoms with Gasteiger partial charge in [0.2, 0.25) is 0 Å². The summed E-state index contributed by atoms with van der Waals surface area (Å²) in [5.41, 5.74) is -2.07. The van der Waals surface area contributed by atoms with Crippen LogP contribution in [0, 0.1) is 29.5 Å². The van der Waals surface area contributed by atoms with Gasteiger partial charge in [-0.15, -0.1) is 0 Å². The number of carbonyl (C=O) groups is 1. The van der Waals surface area contributed by atoms with E-state index in [-0.39, 0.29) is 18.9 Å². The van der Waals surface area contributed by atoms with Gasteiger partial charge in [0.05, 0.1) is 6.61 Å². The van der Waals surface area contributed by atoms with Gasteiger partial charge >= 0.3 is 6.18 Å². The van der Waals surface area contributed by atoms with Crippen molar-refractivity contribution in [3.63, 3.8) is 0 Å². The maximum Gasteiger partial charge on any atom is 0.420 e. The van der Waals surface area contributed by atoms with Crippen molar-refractivity contribution in [1.82, 2.24) is 0 Å². The van der Waals surface area contributed by atoms with E-state index in [0.29, 0.717) is 5.92 Å². The van der Waals surface area contributed by atoms with Gasteiger partial charge in [0, 0.05) is 12.0 Å². The Hall–Kier alpha value is -1.59. The quantitative estimate of drug-likeness (QED) is 0.291. The van der Waals surface area contributed by atoms with E-state index in [4.69, 9.17) is 4.74 Å². The second-order valence-electron chi connectivity index (χ2n) is 9.71. The van der Waals surface area contributed by atoms with Gasteiger partial charge in [-0.2, -0.15) is 13.2 Å². The fourth-order valence-electron chi connectivity index (χ4n) is 5.93. The molecule has 2 aliphatic carbocycles. The number of ketones is 1. The molecule has 0 bridgehead atoms. The van der Waals surface area contributed by atoms with E-state index in [1.54, 1.807) is 6.92 Å². The molecule has 32 heavy (non-hydrogen) atoms. The van der Waals surface area contributed by atoms with Crippen LogP contribution in [-0.4, -0.2) is 12.4 Å². The highest BCUT2D eigenvalue weighted by molar-refractivity contribution is 5.98. The average Bonchev–Trinajstić information content (AvgIpc) is 2.75. The molecule has 0 aliphatic heterocycles. The Morgan fingerprint density at radius 2 is 1.50 bits per heavy atom. The van der Waals surface area contributed by atoms with Crippen LogP contribution < -0.4 is 4.74 Å². The molecule has 180 valence electrons. The van der Waals surface area contributed by atoms with Crippen molar-refractivity contribution in [3.8, 4) is 5.75 Å². The van der Waals surface area contributed by atoms with E-state index in [9.17, 15) is 22.4 Å². The van der Waals surface area contributed by atoms with E-state index in [0.717, 1.165) is 49.7 Å². The Bertz CT molecular complexity index is 758. The molecule has 2 nitrogen and oxygen atoms in total. The van der Waals surface area contributed by atoms with E-state index in [1.807, 2.05) is 0 Å². The number of rotatable bonds is 8. The van der Waals surface area contributed by atoms with Crippen LogP contribution in [-0.2, 0) is 6.18 Å². The van der Waals surface area contributed by atoms with Gasteiger partial charge in [-0.05, 0) is 81.3 Å². The lowest BCUT2D eigenvalue weighted by Gasteiger charge is -2.37. The molecular formula is C26H36F4O2. The first kappa shape index (κ1) is 25.0. The minimum absolute atomic E-state index is 0.0466. The van der Waals surface area contributed by atoms with Gasteiger partial charge in [-0.1, -0.05) is 32.6 Å². The average molecular weight is 457 g/mol. The number of halogens is 4. The first-order valence-electron chi connectivity index (χ1n) is 12.3. The number of carbonyl (C=O) groups excluding carboxylic acids is 1. The van der Waals surface area contributed by atoms with Crippen molar-refractivity contribution in [2.75, 3.05) is 6.61 Å². The highest BCUT2D eigenvalue weighted by atomic mass is 19.4. The second-order valence-corrected chi connectivity index (χ2v) is 9.71. The zero-order valence-electron chi connectivity index (χ0n) is 19.3. The molecule has 0 unspecified atom stereocenters. The van der Waals surface area contributed by atoms with Crippen LogP contribution in [0.5, 0.6) is 5.75 Å². The van der Waals surface area contributed by atoms with Gasteiger partial charge in [0.1, 0.15) is 5.56 Å². The third-order valence-electron chi connectivity index (χ3n) is 7.61. The van der Waals surface area contributed by atoms with Crippen LogP contribution in [0.3, 0.4) is 0 Å². The van der Waals surface area contributed by atoms with Crippen LogP contribution in [0.4, 0.5) is 17.6 Å². The number of benzene rings is 1. The van der Waals surface area contributed by atoms with Gasteiger partial charge in [-0.25, -0.2) is 4.39 Å².